The van der Waals surface area contributed by atoms with Crippen molar-refractivity contribution in [3.8, 4) is 0 Å². The zero-order valence-corrected chi connectivity index (χ0v) is 12.3. The Kier molecular flexibility index (Phi) is 4.86. The van der Waals surface area contributed by atoms with Crippen molar-refractivity contribution in [3.05, 3.63) is 12.4 Å². The van der Waals surface area contributed by atoms with Gasteiger partial charge in [0.25, 0.3) is 0 Å². The second-order valence-corrected chi connectivity index (χ2v) is 5.95. The molecule has 0 aromatic carbocycles. The molecular formula is C15H27N2O2+. The van der Waals surface area contributed by atoms with Crippen molar-refractivity contribution in [1.29, 1.82) is 0 Å². The van der Waals surface area contributed by atoms with E-state index < -0.39 is 0 Å². The number of carbonyl (C=O) groups excluding carboxylic acids is 1. The van der Waals surface area contributed by atoms with Crippen molar-refractivity contribution >= 4 is 6.09 Å². The number of quaternary nitrogens is 1. The van der Waals surface area contributed by atoms with Gasteiger partial charge >= 0.3 is 6.09 Å². The van der Waals surface area contributed by atoms with Gasteiger partial charge < -0.3 is 9.64 Å². The van der Waals surface area contributed by atoms with Crippen LogP contribution >= 0.6 is 0 Å². The smallest absolute Gasteiger partial charge is 0.416 e. The van der Waals surface area contributed by atoms with E-state index in [0.717, 1.165) is 32.2 Å². The monoisotopic (exact) mass is 267 g/mol. The predicted molar refractivity (Wildman–Crippen MR) is 75.2 cm³/mol. The first-order valence-electron chi connectivity index (χ1n) is 7.64. The van der Waals surface area contributed by atoms with Crippen LogP contribution in [0.2, 0.25) is 0 Å². The first-order chi connectivity index (χ1) is 9.16. The van der Waals surface area contributed by atoms with E-state index in [9.17, 15) is 4.79 Å². The molecule has 2 rings (SSSR count). The molecule has 2 aliphatic rings. The van der Waals surface area contributed by atoms with E-state index in [4.69, 9.17) is 4.74 Å². The number of ether oxygens (including phenoxy) is 1. The molecular weight excluding hydrogens is 240 g/mol. The van der Waals surface area contributed by atoms with Crippen LogP contribution in [-0.4, -0.2) is 41.8 Å². The summed E-state index contributed by atoms with van der Waals surface area (Å²) in [6.07, 6.45) is 12.0. The van der Waals surface area contributed by atoms with Crippen molar-refractivity contribution in [3.63, 3.8) is 0 Å². The lowest BCUT2D eigenvalue weighted by Crippen LogP contribution is -2.51. The van der Waals surface area contributed by atoms with E-state index in [1.165, 1.54) is 19.3 Å². The Balaban J connectivity index is 1.97. The number of hydrogen-bond donors (Lipinski definition) is 0. The molecule has 4 nitrogen and oxygen atoms in total. The third-order valence-electron chi connectivity index (χ3n) is 4.18. The predicted octanol–water partition coefficient (Wildman–Crippen LogP) is 3.45. The van der Waals surface area contributed by atoms with Gasteiger partial charge in [-0.05, 0) is 32.1 Å². The van der Waals surface area contributed by atoms with Gasteiger partial charge in [0.05, 0.1) is 12.7 Å². The summed E-state index contributed by atoms with van der Waals surface area (Å²) in [5.74, 6) is 0. The SMILES string of the molecule is CCCC[N+]1(C(=O)OC2CCCCC2)C=CN(C)C1. The van der Waals surface area contributed by atoms with Gasteiger partial charge in [0, 0.05) is 7.05 Å². The second kappa shape index (κ2) is 6.42. The van der Waals surface area contributed by atoms with Gasteiger partial charge in [-0.15, -0.1) is 0 Å². The van der Waals surface area contributed by atoms with Crippen LogP contribution in [-0.2, 0) is 4.74 Å². The lowest BCUT2D eigenvalue weighted by atomic mass is 9.98. The fourth-order valence-electron chi connectivity index (χ4n) is 2.96. The van der Waals surface area contributed by atoms with Crippen LogP contribution < -0.4 is 0 Å². The van der Waals surface area contributed by atoms with Crippen LogP contribution in [0.5, 0.6) is 0 Å². The normalized spacial score (nSPS) is 27.8. The topological polar surface area (TPSA) is 29.5 Å². The molecule has 108 valence electrons. The standard InChI is InChI=1S/C15H27N2O2/c1-3-4-11-17(12-10-16(2)13-17)15(18)19-14-8-6-5-7-9-14/h10,12,14H,3-9,11,13H2,1-2H3/q+1. The molecule has 1 fully saturated rings. The second-order valence-electron chi connectivity index (χ2n) is 5.95. The summed E-state index contributed by atoms with van der Waals surface area (Å²) in [6.45, 7) is 3.72. The Labute approximate surface area is 116 Å². The maximum Gasteiger partial charge on any atom is 0.522 e. The number of rotatable bonds is 4. The van der Waals surface area contributed by atoms with Gasteiger partial charge in [-0.3, -0.25) is 0 Å². The van der Waals surface area contributed by atoms with Gasteiger partial charge in [-0.25, -0.2) is 0 Å². The average molecular weight is 267 g/mol. The number of unbranched alkanes of at least 4 members (excludes halogenated alkanes) is 1. The molecule has 1 aliphatic heterocycles. The first kappa shape index (κ1) is 14.4. The van der Waals surface area contributed by atoms with Crippen LogP contribution in [0, 0.1) is 0 Å². The van der Waals surface area contributed by atoms with E-state index >= 15 is 0 Å². The fraction of sp³-hybridized carbons (Fsp3) is 0.800. The lowest BCUT2D eigenvalue weighted by molar-refractivity contribution is -0.809. The lowest BCUT2D eigenvalue weighted by Gasteiger charge is -2.31. The fourth-order valence-corrected chi connectivity index (χ4v) is 2.96. The minimum Gasteiger partial charge on any atom is -0.416 e. The summed E-state index contributed by atoms with van der Waals surface area (Å²) in [5.41, 5.74) is 0. The molecule has 1 heterocycles. The number of hydrogen-bond acceptors (Lipinski definition) is 3. The average Bonchev–Trinajstić information content (AvgIpc) is 2.80. The molecule has 4 heteroatoms. The molecule has 1 atom stereocenters. The molecule has 1 amide bonds. The van der Waals surface area contributed by atoms with Crippen LogP contribution in [0.3, 0.4) is 0 Å². The molecule has 1 unspecified atom stereocenters. The summed E-state index contributed by atoms with van der Waals surface area (Å²) in [6, 6.07) is 0. The largest absolute Gasteiger partial charge is 0.522 e. The number of carbonyl (C=O) groups is 1. The Hall–Kier alpha value is -1.03. The summed E-state index contributed by atoms with van der Waals surface area (Å²) in [4.78, 5) is 14.6. The molecule has 0 aromatic rings. The highest BCUT2D eigenvalue weighted by molar-refractivity contribution is 5.61. The first-order valence-corrected chi connectivity index (χ1v) is 7.64. The minimum atomic E-state index is -0.0547. The van der Waals surface area contributed by atoms with Crippen molar-refractivity contribution in [2.45, 2.75) is 58.0 Å². The molecule has 19 heavy (non-hydrogen) atoms. The quantitative estimate of drug-likeness (QED) is 0.731. The zero-order valence-electron chi connectivity index (χ0n) is 12.3. The third-order valence-corrected chi connectivity index (χ3v) is 4.18. The van der Waals surface area contributed by atoms with E-state index in [-0.39, 0.29) is 12.2 Å². The van der Waals surface area contributed by atoms with Gasteiger partial charge in [-0.1, -0.05) is 19.8 Å². The Morgan fingerprint density at radius 1 is 1.37 bits per heavy atom. The van der Waals surface area contributed by atoms with Gasteiger partial charge in [0.15, 0.2) is 6.67 Å². The van der Waals surface area contributed by atoms with Crippen LogP contribution in [0.4, 0.5) is 4.79 Å². The highest BCUT2D eigenvalue weighted by atomic mass is 16.6. The summed E-state index contributed by atoms with van der Waals surface area (Å²) < 4.78 is 6.13. The third kappa shape index (κ3) is 3.50. The Bertz CT molecular complexity index is 337. The molecule has 0 spiro atoms. The van der Waals surface area contributed by atoms with Crippen molar-refractivity contribution in [1.82, 2.24) is 4.90 Å². The summed E-state index contributed by atoms with van der Waals surface area (Å²) in [5, 5.41) is 0. The van der Waals surface area contributed by atoms with E-state index in [0.29, 0.717) is 11.2 Å². The number of nitrogens with zero attached hydrogens (tertiary/aromatic N) is 2. The minimum absolute atomic E-state index is 0.0547. The van der Waals surface area contributed by atoms with E-state index in [1.54, 1.807) is 0 Å². The molecule has 0 aromatic heterocycles. The van der Waals surface area contributed by atoms with Crippen molar-refractivity contribution in [2.75, 3.05) is 20.3 Å². The van der Waals surface area contributed by atoms with Gasteiger partial charge in [0.1, 0.15) is 12.3 Å². The molecule has 1 aliphatic carbocycles. The molecule has 0 bridgehead atoms. The molecule has 1 saturated carbocycles. The van der Waals surface area contributed by atoms with Gasteiger partial charge in [-0.2, -0.15) is 9.28 Å². The van der Waals surface area contributed by atoms with E-state index in [2.05, 4.69) is 11.8 Å². The van der Waals surface area contributed by atoms with Gasteiger partial charge in [0.2, 0.25) is 0 Å². The summed E-state index contributed by atoms with van der Waals surface area (Å²) in [7, 11) is 2.01. The molecule has 0 radical (unpaired) electrons. The summed E-state index contributed by atoms with van der Waals surface area (Å²) >= 11 is 0. The van der Waals surface area contributed by atoms with Crippen molar-refractivity contribution in [2.24, 2.45) is 0 Å². The van der Waals surface area contributed by atoms with Crippen molar-refractivity contribution < 1.29 is 14.0 Å². The van der Waals surface area contributed by atoms with Crippen LogP contribution in [0.1, 0.15) is 51.9 Å². The highest BCUT2D eigenvalue weighted by Gasteiger charge is 2.41. The zero-order chi connectivity index (χ0) is 13.7. The maximum atomic E-state index is 12.6. The van der Waals surface area contributed by atoms with Crippen LogP contribution in [0.25, 0.3) is 0 Å². The van der Waals surface area contributed by atoms with Crippen LogP contribution in [0.15, 0.2) is 12.4 Å². The Morgan fingerprint density at radius 3 is 2.68 bits per heavy atom. The Morgan fingerprint density at radius 2 is 2.11 bits per heavy atom. The highest BCUT2D eigenvalue weighted by Crippen LogP contribution is 2.25. The number of amides is 1. The molecule has 0 N–H and O–H groups in total. The van der Waals surface area contributed by atoms with E-state index in [1.807, 2.05) is 19.4 Å². The molecule has 0 saturated heterocycles. The maximum absolute atomic E-state index is 12.6.